The Morgan fingerprint density at radius 2 is 1.96 bits per heavy atom. The highest BCUT2D eigenvalue weighted by Gasteiger charge is 2.24. The van der Waals surface area contributed by atoms with Crippen molar-refractivity contribution in [1.82, 2.24) is 4.90 Å². The number of aryl methyl sites for hydroxylation is 2. The molecule has 0 saturated carbocycles. The van der Waals surface area contributed by atoms with Crippen LogP contribution in [0.5, 0.6) is 0 Å². The summed E-state index contributed by atoms with van der Waals surface area (Å²) in [5, 5.41) is 0.785. The number of amidine groups is 1. The van der Waals surface area contributed by atoms with E-state index < -0.39 is 0 Å². The number of rotatable bonds is 4. The van der Waals surface area contributed by atoms with Gasteiger partial charge >= 0.3 is 0 Å². The van der Waals surface area contributed by atoms with Gasteiger partial charge in [-0.25, -0.2) is 4.39 Å². The number of halogens is 1. The molecule has 0 saturated heterocycles. The van der Waals surface area contributed by atoms with Gasteiger partial charge in [0.1, 0.15) is 5.82 Å². The zero-order chi connectivity index (χ0) is 17.8. The minimum Gasteiger partial charge on any atom is -0.289 e. The predicted molar refractivity (Wildman–Crippen MR) is 101 cm³/mol. The van der Waals surface area contributed by atoms with Crippen LogP contribution in [0.3, 0.4) is 0 Å². The van der Waals surface area contributed by atoms with Gasteiger partial charge in [0.05, 0.1) is 13.0 Å². The first-order valence-corrected chi connectivity index (χ1v) is 9.29. The van der Waals surface area contributed by atoms with E-state index in [1.54, 1.807) is 28.8 Å². The number of thioether (sulfide) groups is 1. The SMILES string of the molecule is Cc1ccc(C)c(CSC2=NCCN2C(=O)Cc2ccc(F)cc2)c1. The number of benzene rings is 2. The first-order valence-electron chi connectivity index (χ1n) is 8.31. The molecule has 0 bridgehead atoms. The number of carbonyl (C=O) groups excluding carboxylic acids is 1. The number of hydrogen-bond acceptors (Lipinski definition) is 3. The van der Waals surface area contributed by atoms with Crippen LogP contribution in [0.2, 0.25) is 0 Å². The van der Waals surface area contributed by atoms with Crippen molar-refractivity contribution in [2.45, 2.75) is 26.0 Å². The van der Waals surface area contributed by atoms with Crippen LogP contribution in [-0.4, -0.2) is 29.1 Å². The number of hydrogen-bond donors (Lipinski definition) is 0. The largest absolute Gasteiger partial charge is 0.289 e. The van der Waals surface area contributed by atoms with Crippen LogP contribution in [0.1, 0.15) is 22.3 Å². The van der Waals surface area contributed by atoms with Crippen molar-refractivity contribution in [3.05, 3.63) is 70.5 Å². The maximum Gasteiger partial charge on any atom is 0.233 e. The molecule has 3 nitrogen and oxygen atoms in total. The van der Waals surface area contributed by atoms with Gasteiger partial charge in [-0.3, -0.25) is 14.7 Å². The van der Waals surface area contributed by atoms with Crippen LogP contribution in [0, 0.1) is 19.7 Å². The highest BCUT2D eigenvalue weighted by molar-refractivity contribution is 8.13. The second kappa shape index (κ2) is 7.83. The van der Waals surface area contributed by atoms with Gasteiger partial charge < -0.3 is 0 Å². The number of carbonyl (C=O) groups is 1. The van der Waals surface area contributed by atoms with E-state index >= 15 is 0 Å². The zero-order valence-corrected chi connectivity index (χ0v) is 15.3. The summed E-state index contributed by atoms with van der Waals surface area (Å²) in [6, 6.07) is 12.5. The van der Waals surface area contributed by atoms with Gasteiger partial charge in [-0.2, -0.15) is 0 Å². The van der Waals surface area contributed by atoms with E-state index in [2.05, 4.69) is 37.0 Å². The molecule has 1 amide bonds. The standard InChI is InChI=1S/C20H21FN2OS/c1-14-3-4-15(2)17(11-14)13-25-20-22-9-10-23(20)19(24)12-16-5-7-18(21)8-6-16/h3-8,11H,9-10,12-13H2,1-2H3. The number of amides is 1. The van der Waals surface area contributed by atoms with Crippen molar-refractivity contribution < 1.29 is 9.18 Å². The van der Waals surface area contributed by atoms with Crippen LogP contribution >= 0.6 is 11.8 Å². The third-order valence-electron chi connectivity index (χ3n) is 4.23. The molecule has 1 heterocycles. The Balaban J connectivity index is 1.62. The first kappa shape index (κ1) is 17.7. The summed E-state index contributed by atoms with van der Waals surface area (Å²) in [5.74, 6) is 0.521. The van der Waals surface area contributed by atoms with Gasteiger partial charge in [0.25, 0.3) is 0 Å². The Kier molecular flexibility index (Phi) is 5.53. The Bertz CT molecular complexity index is 802. The molecule has 0 spiro atoms. The summed E-state index contributed by atoms with van der Waals surface area (Å²) in [7, 11) is 0. The molecule has 3 rings (SSSR count). The first-order chi connectivity index (χ1) is 12.0. The molecular formula is C20H21FN2OS. The van der Waals surface area contributed by atoms with Crippen LogP contribution < -0.4 is 0 Å². The van der Waals surface area contributed by atoms with Crippen molar-refractivity contribution in [3.63, 3.8) is 0 Å². The van der Waals surface area contributed by atoms with Gasteiger partial charge in [-0.1, -0.05) is 47.7 Å². The van der Waals surface area contributed by atoms with Gasteiger partial charge in [0, 0.05) is 12.3 Å². The molecule has 0 unspecified atom stereocenters. The van der Waals surface area contributed by atoms with E-state index in [-0.39, 0.29) is 18.1 Å². The van der Waals surface area contributed by atoms with Crippen molar-refractivity contribution in [3.8, 4) is 0 Å². The molecule has 25 heavy (non-hydrogen) atoms. The lowest BCUT2D eigenvalue weighted by Gasteiger charge is -2.18. The van der Waals surface area contributed by atoms with Gasteiger partial charge in [0.15, 0.2) is 5.17 Å². The third kappa shape index (κ3) is 4.48. The Labute approximate surface area is 152 Å². The molecule has 0 aliphatic carbocycles. The lowest BCUT2D eigenvalue weighted by Crippen LogP contribution is -2.34. The third-order valence-corrected chi connectivity index (χ3v) is 5.30. The minimum absolute atomic E-state index is 0.0105. The average Bonchev–Trinajstić information content (AvgIpc) is 3.06. The topological polar surface area (TPSA) is 32.7 Å². The van der Waals surface area contributed by atoms with E-state index in [4.69, 9.17) is 0 Å². The Morgan fingerprint density at radius 1 is 1.20 bits per heavy atom. The lowest BCUT2D eigenvalue weighted by molar-refractivity contribution is -0.126. The molecule has 2 aromatic rings. The Hall–Kier alpha value is -2.14. The number of aliphatic imine (C=N–C) groups is 1. The fourth-order valence-electron chi connectivity index (χ4n) is 2.75. The molecule has 1 aliphatic heterocycles. The molecule has 1 aliphatic rings. The van der Waals surface area contributed by atoms with Crippen molar-refractivity contribution in [1.29, 1.82) is 0 Å². The fraction of sp³-hybridized carbons (Fsp3) is 0.300. The van der Waals surface area contributed by atoms with E-state index in [1.165, 1.54) is 28.8 Å². The maximum absolute atomic E-state index is 13.0. The molecular weight excluding hydrogens is 335 g/mol. The summed E-state index contributed by atoms with van der Waals surface area (Å²) in [6.07, 6.45) is 0.267. The molecule has 2 aromatic carbocycles. The van der Waals surface area contributed by atoms with Crippen molar-refractivity contribution in [2.75, 3.05) is 13.1 Å². The molecule has 0 radical (unpaired) electrons. The second-order valence-corrected chi connectivity index (χ2v) is 7.17. The zero-order valence-electron chi connectivity index (χ0n) is 14.5. The van der Waals surface area contributed by atoms with E-state index in [9.17, 15) is 9.18 Å². The number of nitrogens with zero attached hydrogens (tertiary/aromatic N) is 2. The van der Waals surface area contributed by atoms with Gasteiger partial charge in [0.2, 0.25) is 5.91 Å². The second-order valence-electron chi connectivity index (χ2n) is 6.23. The smallest absolute Gasteiger partial charge is 0.233 e. The molecule has 0 atom stereocenters. The monoisotopic (exact) mass is 356 g/mol. The van der Waals surface area contributed by atoms with Crippen LogP contribution in [-0.2, 0) is 17.0 Å². The molecule has 5 heteroatoms. The van der Waals surface area contributed by atoms with E-state index in [0.717, 1.165) is 16.5 Å². The van der Waals surface area contributed by atoms with Crippen molar-refractivity contribution in [2.24, 2.45) is 4.99 Å². The van der Waals surface area contributed by atoms with Gasteiger partial charge in [-0.05, 0) is 42.7 Å². The summed E-state index contributed by atoms with van der Waals surface area (Å²) in [6.45, 7) is 5.45. The highest BCUT2D eigenvalue weighted by Crippen LogP contribution is 2.23. The molecule has 0 N–H and O–H groups in total. The summed E-state index contributed by atoms with van der Waals surface area (Å²) in [4.78, 5) is 18.8. The van der Waals surface area contributed by atoms with E-state index in [1.807, 2.05) is 0 Å². The van der Waals surface area contributed by atoms with Gasteiger partial charge in [-0.15, -0.1) is 0 Å². The normalized spacial score (nSPS) is 13.9. The van der Waals surface area contributed by atoms with E-state index in [0.29, 0.717) is 13.1 Å². The summed E-state index contributed by atoms with van der Waals surface area (Å²) < 4.78 is 13.0. The Morgan fingerprint density at radius 3 is 2.72 bits per heavy atom. The lowest BCUT2D eigenvalue weighted by atomic mass is 10.1. The molecule has 130 valence electrons. The maximum atomic E-state index is 13.0. The minimum atomic E-state index is -0.288. The van der Waals surface area contributed by atoms with Crippen LogP contribution in [0.4, 0.5) is 4.39 Å². The highest BCUT2D eigenvalue weighted by atomic mass is 32.2. The molecule has 0 fully saturated rings. The predicted octanol–water partition coefficient (Wildman–Crippen LogP) is 4.12. The average molecular weight is 356 g/mol. The van der Waals surface area contributed by atoms with Crippen LogP contribution in [0.25, 0.3) is 0 Å². The summed E-state index contributed by atoms with van der Waals surface area (Å²) in [5.41, 5.74) is 4.57. The molecule has 0 aromatic heterocycles. The fourth-order valence-corrected chi connectivity index (χ4v) is 3.88. The van der Waals surface area contributed by atoms with Crippen LogP contribution in [0.15, 0.2) is 47.5 Å². The summed E-state index contributed by atoms with van der Waals surface area (Å²) >= 11 is 1.60. The quantitative estimate of drug-likeness (QED) is 0.826. The van der Waals surface area contributed by atoms with Crippen molar-refractivity contribution >= 4 is 22.8 Å².